The van der Waals surface area contributed by atoms with Crippen molar-refractivity contribution in [2.24, 2.45) is 0 Å². The summed E-state index contributed by atoms with van der Waals surface area (Å²) in [5.74, 6) is -0.295. The number of hydrogen-bond donors (Lipinski definition) is 2. The van der Waals surface area contributed by atoms with Crippen LogP contribution in [0.2, 0.25) is 0 Å². The van der Waals surface area contributed by atoms with Gasteiger partial charge < -0.3 is 10.1 Å². The average molecular weight is 447 g/mol. The summed E-state index contributed by atoms with van der Waals surface area (Å²) in [6, 6.07) is 9.93. The molecule has 7 nitrogen and oxygen atoms in total. The number of pyridine rings is 1. The molecular formula is C22H24F3N5O2. The van der Waals surface area contributed by atoms with E-state index in [-0.39, 0.29) is 23.5 Å². The molecule has 0 bridgehead atoms. The van der Waals surface area contributed by atoms with Gasteiger partial charge >= 0.3 is 6.18 Å². The van der Waals surface area contributed by atoms with Crippen LogP contribution in [0, 0.1) is 0 Å². The second kappa shape index (κ2) is 9.37. The first-order valence-corrected chi connectivity index (χ1v) is 9.91. The van der Waals surface area contributed by atoms with Crippen LogP contribution in [0.4, 0.5) is 13.2 Å². The van der Waals surface area contributed by atoms with Crippen LogP contribution < -0.4 is 10.1 Å². The van der Waals surface area contributed by atoms with E-state index in [4.69, 9.17) is 0 Å². The first-order chi connectivity index (χ1) is 15.0. The summed E-state index contributed by atoms with van der Waals surface area (Å²) in [7, 11) is 0. The fourth-order valence-corrected chi connectivity index (χ4v) is 2.98. The van der Waals surface area contributed by atoms with Gasteiger partial charge in [-0.05, 0) is 28.7 Å². The summed E-state index contributed by atoms with van der Waals surface area (Å²) in [4.78, 5) is 16.9. The molecule has 32 heavy (non-hydrogen) atoms. The Hall–Kier alpha value is -3.43. The van der Waals surface area contributed by atoms with Gasteiger partial charge in [-0.15, -0.1) is 0 Å². The zero-order valence-electron chi connectivity index (χ0n) is 17.9. The van der Waals surface area contributed by atoms with Gasteiger partial charge in [0.25, 0.3) is 0 Å². The third-order valence-corrected chi connectivity index (χ3v) is 4.68. The number of nitrogens with one attached hydrogen (secondary N) is 2. The van der Waals surface area contributed by atoms with E-state index in [1.54, 1.807) is 0 Å². The monoisotopic (exact) mass is 447 g/mol. The molecule has 0 aliphatic carbocycles. The molecule has 3 rings (SSSR count). The minimum atomic E-state index is -4.44. The maximum absolute atomic E-state index is 12.7. The summed E-state index contributed by atoms with van der Waals surface area (Å²) in [5, 5.41) is 13.1. The highest BCUT2D eigenvalue weighted by molar-refractivity contribution is 5.79. The van der Waals surface area contributed by atoms with E-state index >= 15 is 0 Å². The molecule has 0 unspecified atom stereocenters. The highest BCUT2D eigenvalue weighted by Crippen LogP contribution is 2.24. The fraction of sp³-hybridized carbons (Fsp3) is 0.364. The lowest BCUT2D eigenvalue weighted by Crippen LogP contribution is -2.31. The van der Waals surface area contributed by atoms with Gasteiger partial charge in [0.15, 0.2) is 6.61 Å². The Labute approximate surface area is 183 Å². The molecule has 1 atom stereocenters. The molecule has 0 saturated carbocycles. The Morgan fingerprint density at radius 3 is 2.31 bits per heavy atom. The summed E-state index contributed by atoms with van der Waals surface area (Å²) in [5.41, 5.74) is 2.82. The van der Waals surface area contributed by atoms with Crippen LogP contribution in [-0.4, -0.2) is 39.1 Å². The smallest absolute Gasteiger partial charge is 0.422 e. The normalized spacial score (nSPS) is 12.9. The number of hydrogen-bond acceptors (Lipinski definition) is 5. The Bertz CT molecular complexity index is 1010. The standard InChI is InChI=1S/C22H24F3N5O2/c1-21(2,3)15-6-4-14(5-7-15)10-19(31)28-20(18-12-27-30-29-18)17-9-8-16(11-26-17)32-13-22(23,24)25/h4-9,11-12,20H,10,13H2,1-3H3,(H,28,31)(H,27,29,30)/t20-/m1/s1. The van der Waals surface area contributed by atoms with Crippen LogP contribution in [0.3, 0.4) is 0 Å². The lowest BCUT2D eigenvalue weighted by molar-refractivity contribution is -0.153. The fourth-order valence-electron chi connectivity index (χ4n) is 2.98. The Kier molecular flexibility index (Phi) is 6.81. The molecule has 2 heterocycles. The summed E-state index contributed by atoms with van der Waals surface area (Å²) >= 11 is 0. The van der Waals surface area contributed by atoms with Crippen molar-refractivity contribution >= 4 is 5.91 Å². The lowest BCUT2D eigenvalue weighted by atomic mass is 9.86. The number of carbonyl (C=O) groups is 1. The molecule has 1 aromatic carbocycles. The minimum absolute atomic E-state index is 0.0144. The molecular weight excluding hydrogens is 423 g/mol. The predicted molar refractivity (Wildman–Crippen MR) is 111 cm³/mol. The van der Waals surface area contributed by atoms with Gasteiger partial charge in [-0.1, -0.05) is 45.0 Å². The highest BCUT2D eigenvalue weighted by Gasteiger charge is 2.28. The molecule has 0 aliphatic heterocycles. The van der Waals surface area contributed by atoms with Crippen LogP contribution in [0.1, 0.15) is 49.3 Å². The zero-order chi connectivity index (χ0) is 23.4. The summed E-state index contributed by atoms with van der Waals surface area (Å²) in [6.07, 6.45) is -1.68. The van der Waals surface area contributed by atoms with Crippen LogP contribution in [0.5, 0.6) is 5.75 Å². The van der Waals surface area contributed by atoms with Gasteiger partial charge in [0.05, 0.1) is 24.5 Å². The molecule has 3 aromatic rings. The van der Waals surface area contributed by atoms with Gasteiger partial charge in [0.2, 0.25) is 5.91 Å². The van der Waals surface area contributed by atoms with E-state index < -0.39 is 18.8 Å². The number of halogens is 3. The Balaban J connectivity index is 1.71. The molecule has 0 saturated heterocycles. The number of rotatable bonds is 7. The van der Waals surface area contributed by atoms with Crippen LogP contribution in [0.15, 0.2) is 48.8 Å². The second-order valence-electron chi connectivity index (χ2n) is 8.34. The number of ether oxygens (including phenoxy) is 1. The largest absolute Gasteiger partial charge is 0.483 e. The van der Waals surface area contributed by atoms with E-state index in [9.17, 15) is 18.0 Å². The number of amides is 1. The van der Waals surface area contributed by atoms with Crippen LogP contribution in [0.25, 0.3) is 0 Å². The first-order valence-electron chi connectivity index (χ1n) is 9.91. The number of benzene rings is 1. The maximum Gasteiger partial charge on any atom is 0.422 e. The van der Waals surface area contributed by atoms with E-state index in [0.29, 0.717) is 11.4 Å². The molecule has 0 fully saturated rings. The van der Waals surface area contributed by atoms with Crippen molar-refractivity contribution in [2.75, 3.05) is 6.61 Å². The summed E-state index contributed by atoms with van der Waals surface area (Å²) in [6.45, 7) is 4.93. The molecule has 170 valence electrons. The lowest BCUT2D eigenvalue weighted by Gasteiger charge is -2.19. The van der Waals surface area contributed by atoms with E-state index in [2.05, 4.69) is 51.2 Å². The van der Waals surface area contributed by atoms with Crippen LogP contribution >= 0.6 is 0 Å². The Morgan fingerprint density at radius 2 is 1.78 bits per heavy atom. The predicted octanol–water partition coefficient (Wildman–Crippen LogP) is 3.89. The van der Waals surface area contributed by atoms with Gasteiger partial charge in [-0.3, -0.25) is 9.78 Å². The van der Waals surface area contributed by atoms with Crippen LogP contribution in [-0.2, 0) is 16.6 Å². The molecule has 2 N–H and O–H groups in total. The van der Waals surface area contributed by atoms with Crippen molar-refractivity contribution in [3.8, 4) is 5.75 Å². The maximum atomic E-state index is 12.7. The highest BCUT2D eigenvalue weighted by atomic mass is 19.4. The molecule has 2 aromatic heterocycles. The molecule has 0 radical (unpaired) electrons. The SMILES string of the molecule is CC(C)(C)c1ccc(CC(=O)N[C@H](c2ccc(OCC(F)(F)F)cn2)c2cn[nH]n2)cc1. The topological polar surface area (TPSA) is 92.8 Å². The summed E-state index contributed by atoms with van der Waals surface area (Å²) < 4.78 is 41.7. The van der Waals surface area contributed by atoms with Crippen molar-refractivity contribution in [1.82, 2.24) is 25.7 Å². The first kappa shape index (κ1) is 23.2. The number of aromatic amines is 1. The van der Waals surface area contributed by atoms with E-state index in [1.807, 2.05) is 24.3 Å². The van der Waals surface area contributed by atoms with Gasteiger partial charge in [0, 0.05) is 0 Å². The molecule has 1 amide bonds. The Morgan fingerprint density at radius 1 is 1.06 bits per heavy atom. The number of aromatic nitrogens is 4. The number of H-pyrrole nitrogens is 1. The average Bonchev–Trinajstić information content (AvgIpc) is 3.25. The number of carbonyl (C=O) groups excluding carboxylic acids is 1. The quantitative estimate of drug-likeness (QED) is 0.573. The third-order valence-electron chi connectivity index (χ3n) is 4.68. The molecule has 0 aliphatic rings. The molecule has 0 spiro atoms. The third kappa shape index (κ3) is 6.53. The second-order valence-corrected chi connectivity index (χ2v) is 8.34. The van der Waals surface area contributed by atoms with Crippen molar-refractivity contribution in [3.05, 3.63) is 71.3 Å². The number of alkyl halides is 3. The minimum Gasteiger partial charge on any atom is -0.483 e. The van der Waals surface area contributed by atoms with Gasteiger partial charge in [-0.25, -0.2) is 0 Å². The van der Waals surface area contributed by atoms with E-state index in [1.165, 1.54) is 30.1 Å². The van der Waals surface area contributed by atoms with Crippen molar-refractivity contribution in [2.45, 2.75) is 44.8 Å². The zero-order valence-corrected chi connectivity index (χ0v) is 17.9. The van der Waals surface area contributed by atoms with Gasteiger partial charge in [-0.2, -0.15) is 28.6 Å². The molecule has 10 heteroatoms. The van der Waals surface area contributed by atoms with Crippen molar-refractivity contribution in [1.29, 1.82) is 0 Å². The van der Waals surface area contributed by atoms with Crippen molar-refractivity contribution < 1.29 is 22.7 Å². The van der Waals surface area contributed by atoms with E-state index in [0.717, 1.165) is 5.56 Å². The van der Waals surface area contributed by atoms with Crippen molar-refractivity contribution in [3.63, 3.8) is 0 Å². The van der Waals surface area contributed by atoms with Gasteiger partial charge in [0.1, 0.15) is 17.5 Å². The number of nitrogens with zero attached hydrogens (tertiary/aromatic N) is 3.